The van der Waals surface area contributed by atoms with E-state index in [2.05, 4.69) is 40.3 Å². The van der Waals surface area contributed by atoms with Crippen molar-refractivity contribution in [2.45, 2.75) is 6.92 Å². The molecule has 0 fully saturated rings. The van der Waals surface area contributed by atoms with Gasteiger partial charge in [0.05, 0.1) is 0 Å². The number of rotatable bonds is 2. The lowest BCUT2D eigenvalue weighted by Crippen LogP contribution is -1.90. The molecule has 0 saturated heterocycles. The zero-order chi connectivity index (χ0) is 13.1. The van der Waals surface area contributed by atoms with Gasteiger partial charge in [-0.05, 0) is 36.2 Å². The highest BCUT2D eigenvalue weighted by molar-refractivity contribution is 7.69. The van der Waals surface area contributed by atoms with Crippen LogP contribution in [0, 0.1) is 6.92 Å². The highest BCUT2D eigenvalue weighted by Crippen LogP contribution is 2.25. The summed E-state index contributed by atoms with van der Waals surface area (Å²) in [6.45, 7) is 2.05. The van der Waals surface area contributed by atoms with Crippen LogP contribution in [0.25, 0.3) is 10.4 Å². The Labute approximate surface area is 119 Å². The second-order valence-corrected chi connectivity index (χ2v) is 6.37. The summed E-state index contributed by atoms with van der Waals surface area (Å²) in [6.07, 6.45) is 1.79. The van der Waals surface area contributed by atoms with E-state index < -0.39 is 0 Å². The molecular formula is C15H12N2S2. The van der Waals surface area contributed by atoms with E-state index in [9.17, 15) is 0 Å². The first-order valence-corrected chi connectivity index (χ1v) is 8.09. The molecule has 0 radical (unpaired) electrons. The Morgan fingerprint density at radius 1 is 1.00 bits per heavy atom. The Kier molecular flexibility index (Phi) is 3.53. The molecule has 0 aliphatic rings. The van der Waals surface area contributed by atoms with Gasteiger partial charge in [0.1, 0.15) is 4.67 Å². The first-order chi connectivity index (χ1) is 9.31. The zero-order valence-electron chi connectivity index (χ0n) is 10.4. The summed E-state index contributed by atoms with van der Waals surface area (Å²) < 4.78 is 1.00. The number of hydrogen-bond donors (Lipinski definition) is 0. The Bertz CT molecular complexity index is 742. The van der Waals surface area contributed by atoms with Crippen molar-refractivity contribution in [2.24, 2.45) is 4.99 Å². The van der Waals surface area contributed by atoms with Gasteiger partial charge in [0.2, 0.25) is 0 Å². The Morgan fingerprint density at radius 2 is 1.84 bits per heavy atom. The zero-order valence-corrected chi connectivity index (χ0v) is 12.0. The molecule has 1 aromatic carbocycles. The monoisotopic (exact) mass is 284 g/mol. The molecule has 2 heterocycles. The van der Waals surface area contributed by atoms with Crippen LogP contribution in [0.5, 0.6) is 0 Å². The molecular weight excluding hydrogens is 272 g/mol. The third kappa shape index (κ3) is 2.97. The third-order valence-corrected chi connectivity index (χ3v) is 4.95. The van der Waals surface area contributed by atoms with E-state index in [1.165, 1.54) is 16.0 Å². The summed E-state index contributed by atoms with van der Waals surface area (Å²) in [5.74, 6) is 0.772. The van der Waals surface area contributed by atoms with Gasteiger partial charge < -0.3 is 0 Å². The van der Waals surface area contributed by atoms with Crippen molar-refractivity contribution in [3.05, 3.63) is 65.0 Å². The molecule has 4 heteroatoms. The second kappa shape index (κ2) is 5.47. The third-order valence-electron chi connectivity index (χ3n) is 2.66. The normalized spacial score (nSPS) is 11.7. The standard InChI is InChI=1S/C15H12N2S2/c1-11-7-8-16-14(9-11)17-15-10-13(18-19-15)12-5-3-2-4-6-12/h2-10H,1H3. The van der Waals surface area contributed by atoms with E-state index in [4.69, 9.17) is 0 Å². The highest BCUT2D eigenvalue weighted by Gasteiger charge is 2.00. The lowest BCUT2D eigenvalue weighted by atomic mass is 10.2. The van der Waals surface area contributed by atoms with Crippen molar-refractivity contribution >= 4 is 26.5 Å². The van der Waals surface area contributed by atoms with Gasteiger partial charge in [0.15, 0.2) is 5.82 Å². The van der Waals surface area contributed by atoms with E-state index >= 15 is 0 Å². The minimum absolute atomic E-state index is 0.772. The van der Waals surface area contributed by atoms with Crippen molar-refractivity contribution in [3.8, 4) is 10.4 Å². The molecule has 0 amide bonds. The molecule has 0 aliphatic heterocycles. The van der Waals surface area contributed by atoms with Crippen LogP contribution in [0.3, 0.4) is 0 Å². The van der Waals surface area contributed by atoms with Gasteiger partial charge in [-0.15, -0.1) is 0 Å². The average Bonchev–Trinajstić information content (AvgIpc) is 2.88. The topological polar surface area (TPSA) is 25.2 Å². The lowest BCUT2D eigenvalue weighted by molar-refractivity contribution is 1.22. The molecule has 0 saturated carbocycles. The maximum absolute atomic E-state index is 4.57. The fraction of sp³-hybridized carbons (Fsp3) is 0.0667. The molecule has 3 rings (SSSR count). The summed E-state index contributed by atoms with van der Waals surface area (Å²) in [5.41, 5.74) is 2.42. The van der Waals surface area contributed by atoms with E-state index in [1.54, 1.807) is 26.9 Å². The van der Waals surface area contributed by atoms with E-state index in [0.717, 1.165) is 10.5 Å². The van der Waals surface area contributed by atoms with Crippen LogP contribution >= 0.6 is 20.7 Å². The molecule has 0 bridgehead atoms. The molecule has 2 aromatic heterocycles. The molecule has 0 unspecified atom stereocenters. The van der Waals surface area contributed by atoms with Crippen molar-refractivity contribution < 1.29 is 0 Å². The first kappa shape index (κ1) is 12.3. The number of aryl methyl sites for hydroxylation is 1. The fourth-order valence-electron chi connectivity index (χ4n) is 1.73. The molecule has 3 aromatic rings. The minimum atomic E-state index is 0.772. The Hall–Kier alpha value is -1.78. The van der Waals surface area contributed by atoms with Gasteiger partial charge >= 0.3 is 0 Å². The van der Waals surface area contributed by atoms with Gasteiger partial charge in [-0.1, -0.05) is 51.0 Å². The second-order valence-electron chi connectivity index (χ2n) is 4.18. The van der Waals surface area contributed by atoms with Gasteiger partial charge in [-0.2, -0.15) is 0 Å². The van der Waals surface area contributed by atoms with Crippen molar-refractivity contribution in [1.82, 2.24) is 4.98 Å². The summed E-state index contributed by atoms with van der Waals surface area (Å²) in [7, 11) is 3.43. The van der Waals surface area contributed by atoms with E-state index in [0.29, 0.717) is 0 Å². The largest absolute Gasteiger partial charge is 0.237 e. The quantitative estimate of drug-likeness (QED) is 0.640. The molecule has 0 aliphatic carbocycles. The number of nitrogens with zero attached hydrogens (tertiary/aromatic N) is 2. The number of hydrogen-bond acceptors (Lipinski definition) is 4. The van der Waals surface area contributed by atoms with Crippen LogP contribution in [-0.2, 0) is 0 Å². The number of pyridine rings is 1. The summed E-state index contributed by atoms with van der Waals surface area (Å²) in [5, 5.41) is 0. The first-order valence-electron chi connectivity index (χ1n) is 5.94. The van der Waals surface area contributed by atoms with Gasteiger partial charge in [-0.3, -0.25) is 0 Å². The molecule has 94 valence electrons. The van der Waals surface area contributed by atoms with Crippen molar-refractivity contribution in [2.75, 3.05) is 0 Å². The summed E-state index contributed by atoms with van der Waals surface area (Å²) in [6, 6.07) is 16.5. The van der Waals surface area contributed by atoms with Gasteiger partial charge in [0, 0.05) is 11.1 Å². The van der Waals surface area contributed by atoms with Crippen LogP contribution in [0.2, 0.25) is 0 Å². The maximum Gasteiger partial charge on any atom is 0.153 e. The molecule has 0 spiro atoms. The van der Waals surface area contributed by atoms with E-state index in [1.807, 2.05) is 25.1 Å². The maximum atomic E-state index is 4.57. The van der Waals surface area contributed by atoms with Crippen LogP contribution in [0.15, 0.2) is 59.7 Å². The fourth-order valence-corrected chi connectivity index (χ4v) is 3.88. The molecule has 19 heavy (non-hydrogen) atoms. The van der Waals surface area contributed by atoms with Crippen molar-refractivity contribution in [3.63, 3.8) is 0 Å². The van der Waals surface area contributed by atoms with Crippen molar-refractivity contribution in [1.29, 1.82) is 0 Å². The summed E-state index contributed by atoms with van der Waals surface area (Å²) >= 11 is 0. The Balaban J connectivity index is 1.98. The minimum Gasteiger partial charge on any atom is -0.237 e. The van der Waals surface area contributed by atoms with Crippen LogP contribution in [0.1, 0.15) is 5.56 Å². The Morgan fingerprint density at radius 3 is 2.63 bits per heavy atom. The molecule has 2 nitrogen and oxygen atoms in total. The number of aromatic nitrogens is 1. The van der Waals surface area contributed by atoms with Crippen LogP contribution in [0.4, 0.5) is 5.82 Å². The smallest absolute Gasteiger partial charge is 0.153 e. The lowest BCUT2D eigenvalue weighted by Gasteiger charge is -1.93. The SMILES string of the molecule is Cc1ccnc(N=c2cc(-c3ccccc3)ss2)c1. The highest BCUT2D eigenvalue weighted by atomic mass is 32.9. The van der Waals surface area contributed by atoms with Crippen LogP contribution < -0.4 is 4.67 Å². The summed E-state index contributed by atoms with van der Waals surface area (Å²) in [4.78, 5) is 10.1. The van der Waals surface area contributed by atoms with Gasteiger partial charge in [-0.25, -0.2) is 9.98 Å². The number of benzene rings is 1. The van der Waals surface area contributed by atoms with E-state index in [-0.39, 0.29) is 0 Å². The average molecular weight is 284 g/mol. The predicted octanol–water partition coefficient (Wildman–Crippen LogP) is 4.41. The predicted molar refractivity (Wildman–Crippen MR) is 81.8 cm³/mol. The van der Waals surface area contributed by atoms with Gasteiger partial charge in [0.25, 0.3) is 0 Å². The molecule has 0 N–H and O–H groups in total. The molecule has 0 atom stereocenters. The van der Waals surface area contributed by atoms with Crippen LogP contribution in [-0.4, -0.2) is 4.98 Å².